The number of ether oxygens (including phenoxy) is 2. The predicted octanol–water partition coefficient (Wildman–Crippen LogP) is 1.93. The molecule has 0 saturated carbocycles. The number of sulfonamides is 1. The van der Waals surface area contributed by atoms with E-state index in [4.69, 9.17) is 9.47 Å². The van der Waals surface area contributed by atoms with Crippen LogP contribution >= 0.6 is 0 Å². The van der Waals surface area contributed by atoms with Crippen molar-refractivity contribution in [1.82, 2.24) is 4.72 Å². The number of methoxy groups -OCH3 is 1. The summed E-state index contributed by atoms with van der Waals surface area (Å²) >= 11 is 0. The standard InChI is InChI=1S/C13H20FNO4S/c1-10(2)19-8-4-7-15-20(16,17)11-5-6-12(14)13(9-11)18-3/h5-6,9-10,15H,4,7-8H2,1-3H3. The number of hydrogen-bond acceptors (Lipinski definition) is 4. The predicted molar refractivity (Wildman–Crippen MR) is 73.8 cm³/mol. The second-order valence-electron chi connectivity index (χ2n) is 4.47. The molecular weight excluding hydrogens is 285 g/mol. The Kier molecular flexibility index (Phi) is 6.38. The maximum absolute atomic E-state index is 13.2. The molecule has 1 N–H and O–H groups in total. The van der Waals surface area contributed by atoms with Crippen molar-refractivity contribution in [3.63, 3.8) is 0 Å². The van der Waals surface area contributed by atoms with E-state index in [1.807, 2.05) is 13.8 Å². The van der Waals surface area contributed by atoms with Gasteiger partial charge in [-0.2, -0.15) is 0 Å². The third kappa shape index (κ3) is 5.07. The highest BCUT2D eigenvalue weighted by molar-refractivity contribution is 7.89. The summed E-state index contributed by atoms with van der Waals surface area (Å²) in [6.45, 7) is 4.56. The summed E-state index contributed by atoms with van der Waals surface area (Å²) < 4.78 is 49.7. The molecule has 0 fully saturated rings. The second-order valence-corrected chi connectivity index (χ2v) is 6.23. The van der Waals surface area contributed by atoms with Gasteiger partial charge in [-0.3, -0.25) is 0 Å². The maximum Gasteiger partial charge on any atom is 0.240 e. The number of benzene rings is 1. The Morgan fingerprint density at radius 1 is 1.35 bits per heavy atom. The van der Waals surface area contributed by atoms with Gasteiger partial charge < -0.3 is 9.47 Å². The Labute approximate surface area is 119 Å². The van der Waals surface area contributed by atoms with E-state index in [9.17, 15) is 12.8 Å². The molecule has 0 aromatic heterocycles. The molecular formula is C13H20FNO4S. The average molecular weight is 305 g/mol. The first-order chi connectivity index (χ1) is 9.36. The molecule has 20 heavy (non-hydrogen) atoms. The van der Waals surface area contributed by atoms with Gasteiger partial charge in [-0.1, -0.05) is 0 Å². The van der Waals surface area contributed by atoms with Crippen molar-refractivity contribution in [2.45, 2.75) is 31.3 Å². The van der Waals surface area contributed by atoms with Crippen LogP contribution in [0.1, 0.15) is 20.3 Å². The van der Waals surface area contributed by atoms with Crippen LogP contribution in [-0.4, -0.2) is 34.8 Å². The van der Waals surface area contributed by atoms with Crippen molar-refractivity contribution in [3.05, 3.63) is 24.0 Å². The molecule has 0 unspecified atom stereocenters. The topological polar surface area (TPSA) is 64.6 Å². The van der Waals surface area contributed by atoms with Crippen molar-refractivity contribution < 1.29 is 22.3 Å². The summed E-state index contributed by atoms with van der Waals surface area (Å²) in [4.78, 5) is -0.0273. The molecule has 0 spiro atoms. The Bertz CT molecular complexity index is 531. The van der Waals surface area contributed by atoms with Gasteiger partial charge in [-0.05, 0) is 32.4 Å². The number of halogens is 1. The van der Waals surface area contributed by atoms with Crippen LogP contribution in [0.3, 0.4) is 0 Å². The third-order valence-electron chi connectivity index (χ3n) is 2.50. The monoisotopic (exact) mass is 305 g/mol. The zero-order valence-electron chi connectivity index (χ0n) is 11.8. The van der Waals surface area contributed by atoms with E-state index in [1.54, 1.807) is 0 Å². The molecule has 0 aliphatic rings. The fourth-order valence-electron chi connectivity index (χ4n) is 1.49. The van der Waals surface area contributed by atoms with Crippen LogP contribution in [0.2, 0.25) is 0 Å². The minimum absolute atomic E-state index is 0.0273. The zero-order valence-corrected chi connectivity index (χ0v) is 12.7. The lowest BCUT2D eigenvalue weighted by atomic mass is 10.3. The molecule has 1 aromatic rings. The van der Waals surface area contributed by atoms with Gasteiger partial charge in [0, 0.05) is 19.2 Å². The maximum atomic E-state index is 13.2. The first-order valence-electron chi connectivity index (χ1n) is 6.31. The molecule has 7 heteroatoms. The fraction of sp³-hybridized carbons (Fsp3) is 0.538. The summed E-state index contributed by atoms with van der Waals surface area (Å²) in [5.41, 5.74) is 0. The van der Waals surface area contributed by atoms with Gasteiger partial charge in [0.2, 0.25) is 10.0 Å². The van der Waals surface area contributed by atoms with Crippen molar-refractivity contribution in [1.29, 1.82) is 0 Å². The molecule has 0 amide bonds. The summed E-state index contributed by atoms with van der Waals surface area (Å²) in [6.07, 6.45) is 0.684. The van der Waals surface area contributed by atoms with Crippen LogP contribution in [-0.2, 0) is 14.8 Å². The van der Waals surface area contributed by atoms with Gasteiger partial charge in [0.1, 0.15) is 0 Å². The van der Waals surface area contributed by atoms with Crippen molar-refractivity contribution in [3.8, 4) is 5.75 Å². The minimum Gasteiger partial charge on any atom is -0.494 e. The summed E-state index contributed by atoms with van der Waals surface area (Å²) in [5, 5.41) is 0. The number of hydrogen-bond donors (Lipinski definition) is 1. The highest BCUT2D eigenvalue weighted by atomic mass is 32.2. The van der Waals surface area contributed by atoms with E-state index in [2.05, 4.69) is 4.72 Å². The lowest BCUT2D eigenvalue weighted by Gasteiger charge is -2.10. The van der Waals surface area contributed by atoms with Crippen LogP contribution in [0, 0.1) is 5.82 Å². The van der Waals surface area contributed by atoms with Gasteiger partial charge >= 0.3 is 0 Å². The molecule has 5 nitrogen and oxygen atoms in total. The molecule has 114 valence electrons. The van der Waals surface area contributed by atoms with Crippen molar-refractivity contribution in [2.24, 2.45) is 0 Å². The zero-order chi connectivity index (χ0) is 15.2. The van der Waals surface area contributed by atoms with Crippen LogP contribution < -0.4 is 9.46 Å². The largest absolute Gasteiger partial charge is 0.494 e. The molecule has 0 aliphatic heterocycles. The van der Waals surface area contributed by atoms with Gasteiger partial charge in [0.25, 0.3) is 0 Å². The van der Waals surface area contributed by atoms with Gasteiger partial charge in [0.15, 0.2) is 11.6 Å². The van der Waals surface area contributed by atoms with Crippen LogP contribution in [0.25, 0.3) is 0 Å². The Hall–Kier alpha value is -1.18. The smallest absolute Gasteiger partial charge is 0.240 e. The lowest BCUT2D eigenvalue weighted by molar-refractivity contribution is 0.0778. The summed E-state index contributed by atoms with van der Waals surface area (Å²) in [7, 11) is -2.38. The Morgan fingerprint density at radius 2 is 2.05 bits per heavy atom. The third-order valence-corrected chi connectivity index (χ3v) is 3.96. The second kappa shape index (κ2) is 7.56. The van der Waals surface area contributed by atoms with Crippen LogP contribution in [0.15, 0.2) is 23.1 Å². The number of rotatable bonds is 8. The van der Waals surface area contributed by atoms with Crippen molar-refractivity contribution in [2.75, 3.05) is 20.3 Å². The summed E-state index contributed by atoms with van der Waals surface area (Å²) in [5.74, 6) is -0.701. The quantitative estimate of drug-likeness (QED) is 0.745. The van der Waals surface area contributed by atoms with E-state index in [0.717, 1.165) is 12.1 Å². The average Bonchev–Trinajstić information content (AvgIpc) is 2.38. The van der Waals surface area contributed by atoms with E-state index >= 15 is 0 Å². The first kappa shape index (κ1) is 16.9. The van der Waals surface area contributed by atoms with Crippen molar-refractivity contribution >= 4 is 10.0 Å². The number of nitrogens with one attached hydrogen (secondary N) is 1. The highest BCUT2D eigenvalue weighted by Crippen LogP contribution is 2.21. The SMILES string of the molecule is COc1cc(S(=O)(=O)NCCCOC(C)C)ccc1F. The van der Waals surface area contributed by atoms with Crippen LogP contribution in [0.5, 0.6) is 5.75 Å². The molecule has 1 rings (SSSR count). The van der Waals surface area contributed by atoms with Gasteiger partial charge in [-0.15, -0.1) is 0 Å². The van der Waals surface area contributed by atoms with E-state index in [1.165, 1.54) is 13.2 Å². The summed E-state index contributed by atoms with van der Waals surface area (Å²) in [6, 6.07) is 3.42. The first-order valence-corrected chi connectivity index (χ1v) is 7.80. The Balaban J connectivity index is 2.60. The van der Waals surface area contributed by atoms with E-state index in [0.29, 0.717) is 13.0 Å². The van der Waals surface area contributed by atoms with Gasteiger partial charge in [-0.25, -0.2) is 17.5 Å². The highest BCUT2D eigenvalue weighted by Gasteiger charge is 2.16. The minimum atomic E-state index is -3.66. The molecule has 0 saturated heterocycles. The van der Waals surface area contributed by atoms with Crippen LogP contribution in [0.4, 0.5) is 4.39 Å². The molecule has 0 radical (unpaired) electrons. The molecule has 0 heterocycles. The van der Waals surface area contributed by atoms with Gasteiger partial charge in [0.05, 0.1) is 18.1 Å². The fourth-order valence-corrected chi connectivity index (χ4v) is 2.58. The molecule has 0 bridgehead atoms. The molecule has 0 atom stereocenters. The normalized spacial score (nSPS) is 11.8. The van der Waals surface area contributed by atoms with E-state index in [-0.39, 0.29) is 23.3 Å². The Morgan fingerprint density at radius 3 is 2.65 bits per heavy atom. The van der Waals surface area contributed by atoms with E-state index < -0.39 is 15.8 Å². The lowest BCUT2D eigenvalue weighted by Crippen LogP contribution is -2.26. The molecule has 1 aromatic carbocycles. The molecule has 0 aliphatic carbocycles.